The molecule has 0 radical (unpaired) electrons. The molecule has 1 amide bonds. The number of amides is 1. The first-order chi connectivity index (χ1) is 14.0. The number of carbonyl (C=O) groups excluding carboxylic acids is 1. The predicted molar refractivity (Wildman–Crippen MR) is 120 cm³/mol. The normalized spacial score (nSPS) is 18.3. The van der Waals surface area contributed by atoms with E-state index >= 15 is 0 Å². The summed E-state index contributed by atoms with van der Waals surface area (Å²) in [6, 6.07) is 16.2. The summed E-state index contributed by atoms with van der Waals surface area (Å²) < 4.78 is 0. The van der Waals surface area contributed by atoms with Crippen LogP contribution in [0.4, 0.5) is 0 Å². The molecule has 1 fully saturated rings. The van der Waals surface area contributed by atoms with E-state index in [0.29, 0.717) is 24.1 Å². The lowest BCUT2D eigenvalue weighted by atomic mass is 10.1. The lowest BCUT2D eigenvalue weighted by Gasteiger charge is -2.12. The molecule has 0 heterocycles. The van der Waals surface area contributed by atoms with Crippen molar-refractivity contribution >= 4 is 23.5 Å². The number of nitrogens with zero attached hydrogens (tertiary/aromatic N) is 2. The summed E-state index contributed by atoms with van der Waals surface area (Å²) in [6.07, 6.45) is 1.87. The highest BCUT2D eigenvalue weighted by Crippen LogP contribution is 2.41. The second-order valence-electron chi connectivity index (χ2n) is 7.56. The van der Waals surface area contributed by atoms with Gasteiger partial charge in [0, 0.05) is 49.7 Å². The van der Waals surface area contributed by atoms with E-state index in [1.54, 1.807) is 19.0 Å². The first-order valence-corrected chi connectivity index (χ1v) is 10.5. The van der Waals surface area contributed by atoms with E-state index in [1.165, 1.54) is 5.56 Å². The van der Waals surface area contributed by atoms with Crippen LogP contribution < -0.4 is 10.6 Å². The van der Waals surface area contributed by atoms with Gasteiger partial charge in [-0.3, -0.25) is 9.79 Å². The van der Waals surface area contributed by atoms with Crippen LogP contribution in [0.3, 0.4) is 0 Å². The van der Waals surface area contributed by atoms with Gasteiger partial charge in [-0.1, -0.05) is 35.9 Å². The lowest BCUT2D eigenvalue weighted by molar-refractivity contribution is 0.0827. The Labute approximate surface area is 178 Å². The topological polar surface area (TPSA) is 56.7 Å². The van der Waals surface area contributed by atoms with E-state index in [1.807, 2.05) is 42.5 Å². The second kappa shape index (κ2) is 9.79. The number of hydrogen-bond donors (Lipinski definition) is 2. The molecule has 29 heavy (non-hydrogen) atoms. The smallest absolute Gasteiger partial charge is 0.253 e. The molecule has 0 aromatic heterocycles. The van der Waals surface area contributed by atoms with Gasteiger partial charge in [0.05, 0.1) is 0 Å². The fraction of sp³-hybridized carbons (Fsp3) is 0.391. The SMILES string of the molecule is CCNC(=NCCc1cccc(C(=O)N(C)C)c1)NC1CC1c1cccc(Cl)c1. The summed E-state index contributed by atoms with van der Waals surface area (Å²) in [5, 5.41) is 7.63. The highest BCUT2D eigenvalue weighted by atomic mass is 35.5. The van der Waals surface area contributed by atoms with Crippen LogP contribution in [-0.4, -0.2) is 50.0 Å². The van der Waals surface area contributed by atoms with E-state index in [0.717, 1.165) is 35.9 Å². The van der Waals surface area contributed by atoms with Gasteiger partial charge in [0.15, 0.2) is 5.96 Å². The van der Waals surface area contributed by atoms with Crippen LogP contribution in [0.2, 0.25) is 5.02 Å². The summed E-state index contributed by atoms with van der Waals surface area (Å²) in [4.78, 5) is 18.4. The van der Waals surface area contributed by atoms with Gasteiger partial charge in [0.1, 0.15) is 0 Å². The largest absolute Gasteiger partial charge is 0.357 e. The van der Waals surface area contributed by atoms with Crippen molar-refractivity contribution < 1.29 is 4.79 Å². The number of hydrogen-bond acceptors (Lipinski definition) is 2. The van der Waals surface area contributed by atoms with E-state index in [2.05, 4.69) is 23.6 Å². The molecule has 1 aliphatic carbocycles. The highest BCUT2D eigenvalue weighted by Gasteiger charge is 2.39. The zero-order chi connectivity index (χ0) is 20.8. The minimum atomic E-state index is 0.0196. The van der Waals surface area contributed by atoms with E-state index in [9.17, 15) is 4.79 Å². The molecule has 154 valence electrons. The quantitative estimate of drug-likeness (QED) is 0.538. The molecular formula is C23H29ClN4O. The number of nitrogens with one attached hydrogen (secondary N) is 2. The maximum atomic E-state index is 12.1. The summed E-state index contributed by atoms with van der Waals surface area (Å²) >= 11 is 6.11. The number of guanidine groups is 1. The maximum absolute atomic E-state index is 12.1. The second-order valence-corrected chi connectivity index (χ2v) is 8.00. The van der Waals surface area contributed by atoms with Crippen LogP contribution >= 0.6 is 11.6 Å². The van der Waals surface area contributed by atoms with Crippen LogP contribution in [0.25, 0.3) is 0 Å². The van der Waals surface area contributed by atoms with Crippen molar-refractivity contribution in [1.82, 2.24) is 15.5 Å². The van der Waals surface area contributed by atoms with Crippen LogP contribution in [-0.2, 0) is 6.42 Å². The molecule has 2 N–H and O–H groups in total. The molecule has 2 atom stereocenters. The Balaban J connectivity index is 1.56. The van der Waals surface area contributed by atoms with Crippen LogP contribution in [0, 0.1) is 0 Å². The molecule has 3 rings (SSSR count). The summed E-state index contributed by atoms with van der Waals surface area (Å²) in [5.41, 5.74) is 3.10. The van der Waals surface area contributed by atoms with Crippen molar-refractivity contribution in [2.24, 2.45) is 4.99 Å². The Morgan fingerprint density at radius 3 is 2.72 bits per heavy atom. The van der Waals surface area contributed by atoms with Crippen molar-refractivity contribution in [2.75, 3.05) is 27.2 Å². The average Bonchev–Trinajstić information content (AvgIpc) is 3.47. The van der Waals surface area contributed by atoms with Crippen molar-refractivity contribution in [1.29, 1.82) is 0 Å². The van der Waals surface area contributed by atoms with Gasteiger partial charge >= 0.3 is 0 Å². The standard InChI is InChI=1S/C23H29ClN4O/c1-4-25-23(27-21-15-20(21)17-8-6-10-19(24)14-17)26-12-11-16-7-5-9-18(13-16)22(29)28(2)3/h5-10,13-14,20-21H,4,11-12,15H2,1-3H3,(H2,25,26,27). The predicted octanol–water partition coefficient (Wildman–Crippen LogP) is 3.70. The van der Waals surface area contributed by atoms with Crippen LogP contribution in [0.15, 0.2) is 53.5 Å². The average molecular weight is 413 g/mol. The molecule has 0 aliphatic heterocycles. The Bertz CT molecular complexity index is 881. The van der Waals surface area contributed by atoms with E-state index in [-0.39, 0.29) is 5.91 Å². The molecule has 2 unspecified atom stereocenters. The minimum Gasteiger partial charge on any atom is -0.357 e. The van der Waals surface area contributed by atoms with Crippen molar-refractivity contribution in [3.63, 3.8) is 0 Å². The molecule has 1 saturated carbocycles. The molecular weight excluding hydrogens is 384 g/mol. The Kier molecular flexibility index (Phi) is 7.15. The third kappa shape index (κ3) is 5.97. The van der Waals surface area contributed by atoms with Gasteiger partial charge in [0.2, 0.25) is 0 Å². The number of carbonyl (C=O) groups is 1. The number of halogens is 1. The fourth-order valence-corrected chi connectivity index (χ4v) is 3.57. The molecule has 0 bridgehead atoms. The summed E-state index contributed by atoms with van der Waals surface area (Å²) in [5.74, 6) is 1.33. The third-order valence-corrected chi connectivity index (χ3v) is 5.22. The van der Waals surface area contributed by atoms with Gasteiger partial charge in [0.25, 0.3) is 5.91 Å². The molecule has 5 nitrogen and oxygen atoms in total. The molecule has 0 saturated heterocycles. The molecule has 2 aromatic rings. The minimum absolute atomic E-state index is 0.0196. The summed E-state index contributed by atoms with van der Waals surface area (Å²) in [6.45, 7) is 3.53. The number of rotatable bonds is 7. The van der Waals surface area contributed by atoms with E-state index in [4.69, 9.17) is 16.6 Å². The van der Waals surface area contributed by atoms with Crippen LogP contribution in [0.1, 0.15) is 40.7 Å². The highest BCUT2D eigenvalue weighted by molar-refractivity contribution is 6.30. The summed E-state index contributed by atoms with van der Waals surface area (Å²) in [7, 11) is 3.53. The van der Waals surface area contributed by atoms with Gasteiger partial charge in [-0.2, -0.15) is 0 Å². The fourth-order valence-electron chi connectivity index (χ4n) is 3.37. The Hall–Kier alpha value is -2.53. The maximum Gasteiger partial charge on any atom is 0.253 e. The van der Waals surface area contributed by atoms with Gasteiger partial charge in [-0.15, -0.1) is 0 Å². The van der Waals surface area contributed by atoms with Crippen molar-refractivity contribution in [3.8, 4) is 0 Å². The van der Waals surface area contributed by atoms with E-state index < -0.39 is 0 Å². The molecule has 1 aliphatic rings. The first kappa shape index (κ1) is 21.2. The molecule has 0 spiro atoms. The zero-order valence-electron chi connectivity index (χ0n) is 17.3. The number of aliphatic imine (C=N–C) groups is 1. The van der Waals surface area contributed by atoms with Gasteiger partial charge in [-0.05, 0) is 55.2 Å². The Morgan fingerprint density at radius 1 is 1.21 bits per heavy atom. The van der Waals surface area contributed by atoms with Crippen molar-refractivity contribution in [2.45, 2.75) is 31.7 Å². The van der Waals surface area contributed by atoms with Crippen LogP contribution in [0.5, 0.6) is 0 Å². The van der Waals surface area contributed by atoms with Gasteiger partial charge in [-0.25, -0.2) is 0 Å². The molecule has 2 aromatic carbocycles. The lowest BCUT2D eigenvalue weighted by Crippen LogP contribution is -2.39. The Morgan fingerprint density at radius 2 is 2.00 bits per heavy atom. The van der Waals surface area contributed by atoms with Crippen molar-refractivity contribution in [3.05, 3.63) is 70.2 Å². The third-order valence-electron chi connectivity index (χ3n) is 4.98. The zero-order valence-corrected chi connectivity index (χ0v) is 18.0. The van der Waals surface area contributed by atoms with Gasteiger partial charge < -0.3 is 15.5 Å². The monoisotopic (exact) mass is 412 g/mol. The first-order valence-electron chi connectivity index (χ1n) is 10.1. The number of benzene rings is 2. The molecule has 6 heteroatoms.